The van der Waals surface area contributed by atoms with Crippen LogP contribution < -0.4 is 5.73 Å². The quantitative estimate of drug-likeness (QED) is 0.565. The molecule has 0 aromatic rings. The molecule has 16 heavy (non-hydrogen) atoms. The van der Waals surface area contributed by atoms with E-state index in [4.69, 9.17) is 10.8 Å². The number of nitrogens with two attached hydrogens (primary N) is 1. The second kappa shape index (κ2) is 4.82. The predicted octanol–water partition coefficient (Wildman–Crippen LogP) is 1.32. The van der Waals surface area contributed by atoms with Crippen LogP contribution in [0, 0.1) is 5.41 Å². The summed E-state index contributed by atoms with van der Waals surface area (Å²) >= 11 is 0. The zero-order valence-electron chi connectivity index (χ0n) is 8.81. The highest BCUT2D eigenvalue weighted by Gasteiger charge is 2.44. The summed E-state index contributed by atoms with van der Waals surface area (Å²) in [6.07, 6.45) is -3.74. The zero-order valence-corrected chi connectivity index (χ0v) is 8.81. The normalized spacial score (nSPS) is 14.4. The highest BCUT2D eigenvalue weighted by molar-refractivity contribution is 5.95. The van der Waals surface area contributed by atoms with Crippen molar-refractivity contribution in [2.75, 3.05) is 6.61 Å². The molecule has 0 radical (unpaired) electrons. The monoisotopic (exact) mass is 243 g/mol. The van der Waals surface area contributed by atoms with E-state index in [1.807, 2.05) is 0 Å². The number of carbonyl (C=O) groups is 1. The summed E-state index contributed by atoms with van der Waals surface area (Å²) in [4.78, 5) is 11.3. The Morgan fingerprint density at radius 3 is 2.19 bits per heavy atom. The number of hydrogen-bond acceptors (Lipinski definition) is 3. The molecule has 0 bridgehead atoms. The fraction of sp³-hybridized carbons (Fsp3) is 0.667. The molecule has 0 aliphatic rings. The molecule has 0 aliphatic heterocycles. The van der Waals surface area contributed by atoms with Crippen LogP contribution in [0.4, 0.5) is 17.6 Å². The molecule has 0 saturated heterocycles. The van der Waals surface area contributed by atoms with Crippen LogP contribution in [0.5, 0.6) is 0 Å². The van der Waals surface area contributed by atoms with Crippen LogP contribution in [0.1, 0.15) is 13.8 Å². The second-order valence-electron chi connectivity index (χ2n) is 3.93. The molecule has 94 valence electrons. The summed E-state index contributed by atoms with van der Waals surface area (Å²) in [5, 5.41) is 8.76. The van der Waals surface area contributed by atoms with Crippen molar-refractivity contribution >= 4 is 5.78 Å². The average Bonchev–Trinajstić information content (AvgIpc) is 2.17. The van der Waals surface area contributed by atoms with E-state index < -0.39 is 35.9 Å². The maximum Gasteiger partial charge on any atom is 0.346 e. The van der Waals surface area contributed by atoms with Crippen LogP contribution in [0.3, 0.4) is 0 Å². The molecule has 7 heteroatoms. The highest BCUT2D eigenvalue weighted by atomic mass is 19.3. The van der Waals surface area contributed by atoms with Gasteiger partial charge in [-0.2, -0.15) is 8.78 Å². The molecule has 0 rings (SSSR count). The van der Waals surface area contributed by atoms with Crippen LogP contribution in [-0.2, 0) is 4.79 Å². The van der Waals surface area contributed by atoms with Crippen molar-refractivity contribution in [2.24, 2.45) is 11.1 Å². The van der Waals surface area contributed by atoms with Gasteiger partial charge in [0.25, 0.3) is 0 Å². The topological polar surface area (TPSA) is 63.3 Å². The van der Waals surface area contributed by atoms with E-state index in [0.717, 1.165) is 0 Å². The van der Waals surface area contributed by atoms with Crippen molar-refractivity contribution in [3.05, 3.63) is 11.8 Å². The van der Waals surface area contributed by atoms with Crippen LogP contribution >= 0.6 is 0 Å². The largest absolute Gasteiger partial charge is 0.397 e. The molecular formula is C9H13F4NO2. The molecule has 0 aromatic heterocycles. The number of halogens is 4. The molecule has 0 spiro atoms. The minimum absolute atomic E-state index is 0.238. The van der Waals surface area contributed by atoms with Crippen molar-refractivity contribution in [1.29, 1.82) is 0 Å². The van der Waals surface area contributed by atoms with Crippen molar-refractivity contribution in [1.82, 2.24) is 0 Å². The number of hydrogen-bond donors (Lipinski definition) is 2. The fourth-order valence-corrected chi connectivity index (χ4v) is 0.637. The Hall–Kier alpha value is -1.11. The van der Waals surface area contributed by atoms with E-state index in [0.29, 0.717) is 0 Å². The van der Waals surface area contributed by atoms with E-state index in [-0.39, 0.29) is 6.08 Å². The van der Waals surface area contributed by atoms with Crippen LogP contribution in [0.15, 0.2) is 11.8 Å². The van der Waals surface area contributed by atoms with Crippen molar-refractivity contribution in [3.8, 4) is 0 Å². The number of alkyl halides is 4. The van der Waals surface area contributed by atoms with Crippen molar-refractivity contribution in [3.63, 3.8) is 0 Å². The Labute approximate surface area is 89.9 Å². The van der Waals surface area contributed by atoms with E-state index in [9.17, 15) is 22.4 Å². The highest BCUT2D eigenvalue weighted by Crippen LogP contribution is 2.29. The van der Waals surface area contributed by atoms with Gasteiger partial charge in [0.05, 0.1) is 17.7 Å². The molecule has 0 unspecified atom stereocenters. The molecule has 0 heterocycles. The molecule has 0 aliphatic carbocycles. The SMILES string of the molecule is CC(C)(CO)C(=O)/C=C(\N)C(F)(F)C(F)F. The van der Waals surface area contributed by atoms with E-state index >= 15 is 0 Å². The molecule has 0 atom stereocenters. The van der Waals surface area contributed by atoms with E-state index in [1.54, 1.807) is 0 Å². The van der Waals surface area contributed by atoms with Crippen LogP contribution in [0.25, 0.3) is 0 Å². The smallest absolute Gasteiger partial charge is 0.346 e. The maximum absolute atomic E-state index is 12.6. The van der Waals surface area contributed by atoms with Gasteiger partial charge in [-0.25, -0.2) is 8.78 Å². The lowest BCUT2D eigenvalue weighted by Crippen LogP contribution is -2.35. The Kier molecular flexibility index (Phi) is 4.48. The van der Waals surface area contributed by atoms with E-state index in [1.165, 1.54) is 13.8 Å². The third kappa shape index (κ3) is 3.19. The molecule has 3 nitrogen and oxygen atoms in total. The lowest BCUT2D eigenvalue weighted by Gasteiger charge is -2.20. The van der Waals surface area contributed by atoms with Gasteiger partial charge in [0.1, 0.15) is 0 Å². The van der Waals surface area contributed by atoms with Gasteiger partial charge in [-0.05, 0) is 0 Å². The summed E-state index contributed by atoms with van der Waals surface area (Å²) in [5.74, 6) is -5.48. The summed E-state index contributed by atoms with van der Waals surface area (Å²) in [6, 6.07) is 0. The number of rotatable bonds is 5. The minimum atomic E-state index is -4.54. The molecule has 3 N–H and O–H groups in total. The average molecular weight is 243 g/mol. The fourth-order valence-electron chi connectivity index (χ4n) is 0.637. The molecular weight excluding hydrogens is 230 g/mol. The van der Waals surface area contributed by atoms with Gasteiger partial charge < -0.3 is 10.8 Å². The second-order valence-corrected chi connectivity index (χ2v) is 3.93. The first kappa shape index (κ1) is 14.9. The molecule has 0 fully saturated rings. The number of carbonyl (C=O) groups excluding carboxylic acids is 1. The van der Waals surface area contributed by atoms with Crippen molar-refractivity contribution in [2.45, 2.75) is 26.2 Å². The lowest BCUT2D eigenvalue weighted by atomic mass is 9.88. The molecule has 0 amide bonds. The summed E-state index contributed by atoms with van der Waals surface area (Å²) in [5.41, 5.74) is 1.90. The standard InChI is InChI=1S/C9H13F4NO2/c1-8(2,4-15)6(16)3-5(14)9(12,13)7(10)11/h3,7,15H,4,14H2,1-2H3/b5-3-. The van der Waals surface area contributed by atoms with Crippen LogP contribution in [0.2, 0.25) is 0 Å². The first-order valence-electron chi connectivity index (χ1n) is 4.34. The number of aliphatic hydroxyl groups is 1. The summed E-state index contributed by atoms with van der Waals surface area (Å²) in [7, 11) is 0. The first-order valence-corrected chi connectivity index (χ1v) is 4.34. The summed E-state index contributed by atoms with van der Waals surface area (Å²) in [6.45, 7) is 1.95. The predicted molar refractivity (Wildman–Crippen MR) is 49.1 cm³/mol. The number of ketones is 1. The molecule has 0 saturated carbocycles. The zero-order chi connectivity index (χ0) is 13.1. The van der Waals surface area contributed by atoms with Gasteiger partial charge in [0, 0.05) is 6.08 Å². The Morgan fingerprint density at radius 1 is 1.44 bits per heavy atom. The van der Waals surface area contributed by atoms with Crippen molar-refractivity contribution < 1.29 is 27.5 Å². The Balaban J connectivity index is 5.00. The Morgan fingerprint density at radius 2 is 1.88 bits per heavy atom. The van der Waals surface area contributed by atoms with Gasteiger partial charge in [-0.15, -0.1) is 0 Å². The van der Waals surface area contributed by atoms with Crippen LogP contribution in [-0.4, -0.2) is 29.8 Å². The third-order valence-electron chi connectivity index (χ3n) is 2.01. The van der Waals surface area contributed by atoms with Gasteiger partial charge in [-0.3, -0.25) is 4.79 Å². The van der Waals surface area contributed by atoms with Gasteiger partial charge in [0.2, 0.25) is 0 Å². The minimum Gasteiger partial charge on any atom is -0.397 e. The lowest BCUT2D eigenvalue weighted by molar-refractivity contribution is -0.125. The third-order valence-corrected chi connectivity index (χ3v) is 2.01. The molecule has 0 aromatic carbocycles. The summed E-state index contributed by atoms with van der Waals surface area (Å²) < 4.78 is 49.0. The number of aliphatic hydroxyl groups excluding tert-OH is 1. The first-order chi connectivity index (χ1) is 7.05. The van der Waals surface area contributed by atoms with E-state index in [2.05, 4.69) is 0 Å². The van der Waals surface area contributed by atoms with Gasteiger partial charge in [0.15, 0.2) is 5.78 Å². The maximum atomic E-state index is 12.6. The number of allylic oxidation sites excluding steroid dienone is 2. The Bertz CT molecular complexity index is 300. The van der Waals surface area contributed by atoms with Gasteiger partial charge in [-0.1, -0.05) is 13.8 Å². The van der Waals surface area contributed by atoms with Gasteiger partial charge >= 0.3 is 12.3 Å².